The van der Waals surface area contributed by atoms with Gasteiger partial charge in [0.05, 0.1) is 43.9 Å². The third kappa shape index (κ3) is 3.96. The van der Waals surface area contributed by atoms with Gasteiger partial charge < -0.3 is 19.6 Å². The first kappa shape index (κ1) is 20.6. The van der Waals surface area contributed by atoms with Crippen LogP contribution in [0.1, 0.15) is 30.3 Å². The fraction of sp³-hybridized carbons (Fsp3) is 0.375. The highest BCUT2D eigenvalue weighted by molar-refractivity contribution is 7.15. The van der Waals surface area contributed by atoms with Gasteiger partial charge in [0.25, 0.3) is 0 Å². The molecule has 0 spiro atoms. The number of imidazole rings is 1. The molecule has 2 aliphatic heterocycles. The smallest absolute Gasteiger partial charge is 0.166 e. The Bertz CT molecular complexity index is 1310. The molecule has 1 saturated heterocycles. The third-order valence-corrected chi connectivity index (χ3v) is 7.03. The Morgan fingerprint density at radius 1 is 1.24 bits per heavy atom. The van der Waals surface area contributed by atoms with Gasteiger partial charge in [-0.3, -0.25) is 4.68 Å². The summed E-state index contributed by atoms with van der Waals surface area (Å²) in [7, 11) is 0. The molecule has 170 valence electrons. The molecule has 2 N–H and O–H groups in total. The summed E-state index contributed by atoms with van der Waals surface area (Å²) in [6, 6.07) is 6.20. The van der Waals surface area contributed by atoms with Crippen LogP contribution in [0.15, 0.2) is 36.8 Å². The van der Waals surface area contributed by atoms with Gasteiger partial charge in [-0.05, 0) is 31.5 Å². The number of fused-ring (bicyclic) bond motifs is 3. The zero-order chi connectivity index (χ0) is 22.6. The van der Waals surface area contributed by atoms with Crippen molar-refractivity contribution in [1.29, 1.82) is 0 Å². The maximum absolute atomic E-state index is 10.1. The molecule has 0 radical (unpaired) electrons. The van der Waals surface area contributed by atoms with Crippen LogP contribution in [0, 0.1) is 0 Å². The Hall–Kier alpha value is -3.01. The van der Waals surface area contributed by atoms with Gasteiger partial charge in [0.15, 0.2) is 10.8 Å². The van der Waals surface area contributed by atoms with Crippen LogP contribution in [0.4, 0.5) is 0 Å². The van der Waals surface area contributed by atoms with E-state index in [0.29, 0.717) is 19.1 Å². The van der Waals surface area contributed by atoms with Gasteiger partial charge in [0.1, 0.15) is 5.75 Å². The molecule has 33 heavy (non-hydrogen) atoms. The van der Waals surface area contributed by atoms with Crippen LogP contribution >= 0.6 is 11.3 Å². The van der Waals surface area contributed by atoms with Crippen LogP contribution < -0.4 is 4.74 Å². The lowest BCUT2D eigenvalue weighted by molar-refractivity contribution is 0.00689. The molecular weight excluding hydrogens is 438 g/mol. The minimum absolute atomic E-state index is 0.407. The van der Waals surface area contributed by atoms with E-state index in [1.165, 1.54) is 4.88 Å². The normalized spacial score (nSPS) is 16.0. The molecule has 0 atom stereocenters. The molecule has 4 aromatic rings. The number of hydrogen-bond acceptors (Lipinski definition) is 7. The van der Waals surface area contributed by atoms with E-state index in [2.05, 4.69) is 33.3 Å². The number of rotatable bonds is 5. The van der Waals surface area contributed by atoms with E-state index >= 15 is 0 Å². The fourth-order valence-electron chi connectivity index (χ4n) is 4.17. The Kier molecular flexibility index (Phi) is 4.86. The number of aliphatic hydroxyl groups is 1. The molecular formula is C24H25N5O3S. The largest absolute Gasteiger partial charge is 0.492 e. The summed E-state index contributed by atoms with van der Waals surface area (Å²) in [5.74, 6) is 2.04. The number of thiazole rings is 1. The van der Waals surface area contributed by atoms with Crippen molar-refractivity contribution in [2.24, 2.45) is 0 Å². The lowest BCUT2D eigenvalue weighted by Gasteiger charge is -2.24. The van der Waals surface area contributed by atoms with E-state index in [-0.39, 0.29) is 0 Å². The van der Waals surface area contributed by atoms with E-state index in [9.17, 15) is 5.11 Å². The number of nitrogens with one attached hydrogen (secondary N) is 1. The molecule has 0 bridgehead atoms. The summed E-state index contributed by atoms with van der Waals surface area (Å²) in [5, 5.41) is 15.4. The van der Waals surface area contributed by atoms with E-state index in [1.807, 2.05) is 18.6 Å². The fourth-order valence-corrected chi connectivity index (χ4v) is 5.17. The lowest BCUT2D eigenvalue weighted by atomic mass is 10.0. The van der Waals surface area contributed by atoms with Crippen molar-refractivity contribution in [3.63, 3.8) is 0 Å². The highest BCUT2D eigenvalue weighted by atomic mass is 32.1. The number of H-pyrrole nitrogens is 1. The lowest BCUT2D eigenvalue weighted by Crippen LogP contribution is -2.26. The minimum atomic E-state index is -0.820. The Morgan fingerprint density at radius 3 is 2.91 bits per heavy atom. The summed E-state index contributed by atoms with van der Waals surface area (Å²) in [6.07, 6.45) is 6.48. The summed E-state index contributed by atoms with van der Waals surface area (Å²) in [5.41, 5.74) is 4.26. The van der Waals surface area contributed by atoms with Gasteiger partial charge in [-0.25, -0.2) is 9.97 Å². The van der Waals surface area contributed by atoms with Crippen molar-refractivity contribution < 1.29 is 14.6 Å². The summed E-state index contributed by atoms with van der Waals surface area (Å²) in [6.45, 7) is 6.08. The van der Waals surface area contributed by atoms with Crippen molar-refractivity contribution >= 4 is 11.3 Å². The molecule has 5 heterocycles. The molecule has 8 nitrogen and oxygen atoms in total. The average Bonchev–Trinajstić information content (AvgIpc) is 3.44. The van der Waals surface area contributed by atoms with Crippen LogP contribution in [-0.2, 0) is 17.7 Å². The minimum Gasteiger partial charge on any atom is -0.492 e. The Balaban J connectivity index is 1.31. The van der Waals surface area contributed by atoms with Gasteiger partial charge in [-0.1, -0.05) is 6.07 Å². The number of benzene rings is 1. The molecule has 9 heteroatoms. The number of aromatic nitrogens is 5. The number of ether oxygens (including phenoxy) is 2. The molecule has 0 amide bonds. The Labute approximate surface area is 195 Å². The second-order valence-electron chi connectivity index (χ2n) is 9.26. The maximum Gasteiger partial charge on any atom is 0.166 e. The van der Waals surface area contributed by atoms with Gasteiger partial charge in [-0.15, -0.1) is 11.3 Å². The molecule has 0 saturated carbocycles. The van der Waals surface area contributed by atoms with Crippen LogP contribution in [0.2, 0.25) is 0 Å². The molecule has 1 aromatic carbocycles. The zero-order valence-corrected chi connectivity index (χ0v) is 19.4. The standard InChI is InChI=1S/C24H25N5O3S/c1-24(2,30)13-29-10-15(8-26-29)14-3-4-17-19(7-14)32-6-5-20-21(17)28-23(33-20)22-25-9-18(27-22)16-11-31-12-16/h3-4,7-10,16,30H,5-6,11-13H2,1-2H3,(H,25,27). The number of aromatic amines is 1. The van der Waals surface area contributed by atoms with Gasteiger partial charge >= 0.3 is 0 Å². The summed E-state index contributed by atoms with van der Waals surface area (Å²) < 4.78 is 13.2. The van der Waals surface area contributed by atoms with Gasteiger partial charge in [0, 0.05) is 46.4 Å². The van der Waals surface area contributed by atoms with Crippen molar-refractivity contribution in [1.82, 2.24) is 24.7 Å². The Morgan fingerprint density at radius 2 is 2.12 bits per heavy atom. The zero-order valence-electron chi connectivity index (χ0n) is 18.5. The third-order valence-electron chi connectivity index (χ3n) is 5.91. The second-order valence-corrected chi connectivity index (χ2v) is 10.3. The van der Waals surface area contributed by atoms with Crippen LogP contribution in [0.25, 0.3) is 33.2 Å². The average molecular weight is 464 g/mol. The van der Waals surface area contributed by atoms with E-state index in [4.69, 9.17) is 14.5 Å². The first-order chi connectivity index (χ1) is 15.9. The first-order valence-corrected chi connectivity index (χ1v) is 11.9. The number of nitrogens with zero attached hydrogens (tertiary/aromatic N) is 4. The van der Waals surface area contributed by atoms with Crippen LogP contribution in [-0.4, -0.2) is 55.3 Å². The highest BCUT2D eigenvalue weighted by Gasteiger charge is 2.25. The topological polar surface area (TPSA) is 98.1 Å². The predicted molar refractivity (Wildman–Crippen MR) is 125 cm³/mol. The first-order valence-electron chi connectivity index (χ1n) is 11.1. The van der Waals surface area contributed by atoms with E-state index < -0.39 is 5.60 Å². The summed E-state index contributed by atoms with van der Waals surface area (Å²) in [4.78, 5) is 14.2. The van der Waals surface area contributed by atoms with Crippen LogP contribution in [0.3, 0.4) is 0 Å². The quantitative estimate of drug-likeness (QED) is 0.466. The molecule has 6 rings (SSSR count). The maximum atomic E-state index is 10.1. The second kappa shape index (κ2) is 7.79. The van der Waals surface area contributed by atoms with E-state index in [0.717, 1.165) is 64.3 Å². The molecule has 0 aliphatic carbocycles. The van der Waals surface area contributed by atoms with Crippen molar-refractivity contribution in [3.8, 4) is 39.0 Å². The predicted octanol–water partition coefficient (Wildman–Crippen LogP) is 3.88. The van der Waals surface area contributed by atoms with Crippen molar-refractivity contribution in [2.45, 2.75) is 38.3 Å². The van der Waals surface area contributed by atoms with Gasteiger partial charge in [0.2, 0.25) is 0 Å². The molecule has 0 unspecified atom stereocenters. The van der Waals surface area contributed by atoms with Crippen molar-refractivity contribution in [3.05, 3.63) is 47.4 Å². The molecule has 3 aromatic heterocycles. The van der Waals surface area contributed by atoms with E-state index in [1.54, 1.807) is 29.9 Å². The molecule has 2 aliphatic rings. The highest BCUT2D eigenvalue weighted by Crippen LogP contribution is 2.41. The number of hydrogen-bond donors (Lipinski definition) is 2. The van der Waals surface area contributed by atoms with Crippen LogP contribution in [0.5, 0.6) is 5.75 Å². The monoisotopic (exact) mass is 463 g/mol. The van der Waals surface area contributed by atoms with Gasteiger partial charge in [-0.2, -0.15) is 5.10 Å². The summed E-state index contributed by atoms with van der Waals surface area (Å²) >= 11 is 1.67. The molecule has 1 fully saturated rings. The van der Waals surface area contributed by atoms with Crippen molar-refractivity contribution in [2.75, 3.05) is 19.8 Å². The SMILES string of the molecule is CC(C)(O)Cn1cc(-c2ccc3c(c2)OCCc2sc(-c4ncc(C5COC5)[nH]4)nc2-3)cn1.